The zero-order chi connectivity index (χ0) is 10.4. The third kappa shape index (κ3) is 4.82. The molecule has 0 radical (unpaired) electrons. The maximum Gasteiger partial charge on any atom is 0.241 e. The smallest absolute Gasteiger partial charge is 0.241 e. The number of carbonyl (C=O) groups excluding carboxylic acids is 1. The highest BCUT2D eigenvalue weighted by molar-refractivity contribution is 5.81. The molecule has 78 valence electrons. The number of hydrogen-bond acceptors (Lipinski definition) is 4. The molecule has 0 aromatic rings. The van der Waals surface area contributed by atoms with Gasteiger partial charge >= 0.3 is 0 Å². The Hall–Kier alpha value is -0.650. The number of nitrogens with zero attached hydrogens (tertiary/aromatic N) is 2. The monoisotopic (exact) mass is 189 g/mol. The van der Waals surface area contributed by atoms with Crippen LogP contribution >= 0.6 is 0 Å². The third-order valence-corrected chi connectivity index (χ3v) is 1.77. The van der Waals surface area contributed by atoms with E-state index in [2.05, 4.69) is 0 Å². The molecule has 0 aliphatic rings. The van der Waals surface area contributed by atoms with Crippen LogP contribution < -0.4 is 5.73 Å². The summed E-state index contributed by atoms with van der Waals surface area (Å²) in [6.45, 7) is 1.12. The maximum atomic E-state index is 11.3. The minimum atomic E-state index is -0.785. The lowest BCUT2D eigenvalue weighted by molar-refractivity contribution is -0.132. The Bertz CT molecular complexity index is 161. The first kappa shape index (κ1) is 12.3. The van der Waals surface area contributed by atoms with Crippen LogP contribution in [-0.4, -0.2) is 67.7 Å². The van der Waals surface area contributed by atoms with Crippen molar-refractivity contribution in [3.63, 3.8) is 0 Å². The summed E-state index contributed by atoms with van der Waals surface area (Å²) < 4.78 is 0. The molecular weight excluding hydrogens is 170 g/mol. The van der Waals surface area contributed by atoms with Gasteiger partial charge in [-0.05, 0) is 14.1 Å². The molecule has 0 aromatic carbocycles. The molecule has 0 aliphatic carbocycles. The summed E-state index contributed by atoms with van der Waals surface area (Å²) in [6, 6.07) is -0.785. The van der Waals surface area contributed by atoms with Crippen molar-refractivity contribution < 1.29 is 9.90 Å². The van der Waals surface area contributed by atoms with Crippen LogP contribution in [0.1, 0.15) is 0 Å². The summed E-state index contributed by atoms with van der Waals surface area (Å²) in [5, 5.41) is 8.65. The number of aliphatic hydroxyl groups is 1. The van der Waals surface area contributed by atoms with Gasteiger partial charge in [0.2, 0.25) is 5.91 Å². The van der Waals surface area contributed by atoms with Gasteiger partial charge in [0.15, 0.2) is 0 Å². The first-order chi connectivity index (χ1) is 5.99. The molecule has 0 bridgehead atoms. The highest BCUT2D eigenvalue weighted by Gasteiger charge is 2.16. The molecule has 0 heterocycles. The van der Waals surface area contributed by atoms with E-state index >= 15 is 0 Å². The van der Waals surface area contributed by atoms with Crippen molar-refractivity contribution in [1.29, 1.82) is 0 Å². The van der Waals surface area contributed by atoms with Crippen molar-refractivity contribution in [3.05, 3.63) is 0 Å². The summed E-state index contributed by atoms with van der Waals surface area (Å²) in [6.07, 6.45) is 0. The van der Waals surface area contributed by atoms with Gasteiger partial charge in [-0.1, -0.05) is 0 Å². The summed E-state index contributed by atoms with van der Waals surface area (Å²) in [7, 11) is 5.55. The van der Waals surface area contributed by atoms with Crippen LogP contribution in [0.2, 0.25) is 0 Å². The fourth-order valence-electron chi connectivity index (χ4n) is 0.821. The molecule has 0 saturated carbocycles. The SMILES string of the molecule is CN(C)CCN(C)C(=O)C(N)CO. The lowest BCUT2D eigenvalue weighted by atomic mass is 10.3. The first-order valence-electron chi connectivity index (χ1n) is 4.25. The van der Waals surface area contributed by atoms with E-state index in [1.807, 2.05) is 19.0 Å². The number of nitrogens with two attached hydrogens (primary N) is 1. The number of rotatable bonds is 5. The van der Waals surface area contributed by atoms with Crippen LogP contribution in [0.15, 0.2) is 0 Å². The minimum Gasteiger partial charge on any atom is -0.394 e. The maximum absolute atomic E-state index is 11.3. The Morgan fingerprint density at radius 2 is 1.92 bits per heavy atom. The van der Waals surface area contributed by atoms with Crippen molar-refractivity contribution in [2.24, 2.45) is 5.73 Å². The quantitative estimate of drug-likeness (QED) is 0.542. The molecule has 0 spiro atoms. The predicted molar refractivity (Wildman–Crippen MR) is 51.3 cm³/mol. The highest BCUT2D eigenvalue weighted by atomic mass is 16.3. The molecule has 13 heavy (non-hydrogen) atoms. The number of likely N-dealkylation sites (N-methyl/N-ethyl adjacent to an activating group) is 2. The summed E-state index contributed by atoms with van der Waals surface area (Å²) in [5.74, 6) is -0.218. The van der Waals surface area contributed by atoms with E-state index < -0.39 is 6.04 Å². The van der Waals surface area contributed by atoms with E-state index in [1.165, 1.54) is 4.90 Å². The molecule has 3 N–H and O–H groups in total. The Labute approximate surface area is 79.1 Å². The number of hydrogen-bond donors (Lipinski definition) is 2. The van der Waals surface area contributed by atoms with Gasteiger partial charge in [0.1, 0.15) is 6.04 Å². The molecule has 1 amide bonds. The summed E-state index contributed by atoms with van der Waals surface area (Å²) in [4.78, 5) is 14.8. The molecule has 1 unspecified atom stereocenters. The van der Waals surface area contributed by atoms with Gasteiger partial charge < -0.3 is 20.6 Å². The predicted octanol–water partition coefficient (Wildman–Crippen LogP) is -1.67. The van der Waals surface area contributed by atoms with E-state index in [0.717, 1.165) is 6.54 Å². The summed E-state index contributed by atoms with van der Waals surface area (Å²) >= 11 is 0. The van der Waals surface area contributed by atoms with Crippen LogP contribution in [-0.2, 0) is 4.79 Å². The zero-order valence-corrected chi connectivity index (χ0v) is 8.53. The van der Waals surface area contributed by atoms with Gasteiger partial charge in [-0.25, -0.2) is 0 Å². The average molecular weight is 189 g/mol. The third-order valence-electron chi connectivity index (χ3n) is 1.77. The number of amides is 1. The zero-order valence-electron chi connectivity index (χ0n) is 8.53. The van der Waals surface area contributed by atoms with Crippen LogP contribution in [0.3, 0.4) is 0 Å². The molecule has 0 aliphatic heterocycles. The number of aliphatic hydroxyl groups excluding tert-OH is 1. The second-order valence-electron chi connectivity index (χ2n) is 3.35. The molecule has 1 atom stereocenters. The molecule has 0 fully saturated rings. The summed E-state index contributed by atoms with van der Waals surface area (Å²) in [5.41, 5.74) is 5.37. The van der Waals surface area contributed by atoms with Crippen LogP contribution in [0.5, 0.6) is 0 Å². The second kappa shape index (κ2) is 5.90. The van der Waals surface area contributed by atoms with Crippen molar-refractivity contribution in [1.82, 2.24) is 9.80 Å². The Balaban J connectivity index is 3.82. The van der Waals surface area contributed by atoms with E-state index in [9.17, 15) is 4.79 Å². The molecule has 0 rings (SSSR count). The topological polar surface area (TPSA) is 69.8 Å². The molecule has 0 saturated heterocycles. The van der Waals surface area contributed by atoms with E-state index in [0.29, 0.717) is 6.54 Å². The standard InChI is InChI=1S/C8H19N3O2/c1-10(2)4-5-11(3)8(13)7(9)6-12/h7,12H,4-6,9H2,1-3H3. The van der Waals surface area contributed by atoms with Crippen LogP contribution in [0, 0.1) is 0 Å². The van der Waals surface area contributed by atoms with Crippen molar-refractivity contribution >= 4 is 5.91 Å². The highest BCUT2D eigenvalue weighted by Crippen LogP contribution is 1.89. The van der Waals surface area contributed by atoms with Gasteiger partial charge in [0.25, 0.3) is 0 Å². The Kier molecular flexibility index (Phi) is 5.61. The lowest BCUT2D eigenvalue weighted by Crippen LogP contribution is -2.45. The van der Waals surface area contributed by atoms with Crippen LogP contribution in [0.25, 0.3) is 0 Å². The Morgan fingerprint density at radius 3 is 2.31 bits per heavy atom. The average Bonchev–Trinajstić information content (AvgIpc) is 2.11. The van der Waals surface area contributed by atoms with Gasteiger partial charge in [-0.3, -0.25) is 4.79 Å². The molecular formula is C8H19N3O2. The molecule has 0 aromatic heterocycles. The van der Waals surface area contributed by atoms with Gasteiger partial charge in [0, 0.05) is 20.1 Å². The number of carbonyl (C=O) groups is 1. The van der Waals surface area contributed by atoms with Gasteiger partial charge in [0.05, 0.1) is 6.61 Å². The van der Waals surface area contributed by atoms with Crippen molar-refractivity contribution in [3.8, 4) is 0 Å². The minimum absolute atomic E-state index is 0.218. The van der Waals surface area contributed by atoms with E-state index in [4.69, 9.17) is 10.8 Å². The normalized spacial score (nSPS) is 13.1. The fourth-order valence-corrected chi connectivity index (χ4v) is 0.821. The largest absolute Gasteiger partial charge is 0.394 e. The van der Waals surface area contributed by atoms with Crippen molar-refractivity contribution in [2.45, 2.75) is 6.04 Å². The van der Waals surface area contributed by atoms with Gasteiger partial charge in [-0.15, -0.1) is 0 Å². The van der Waals surface area contributed by atoms with E-state index in [-0.39, 0.29) is 12.5 Å². The van der Waals surface area contributed by atoms with Crippen molar-refractivity contribution in [2.75, 3.05) is 40.8 Å². The van der Waals surface area contributed by atoms with Crippen LogP contribution in [0.4, 0.5) is 0 Å². The molecule has 5 nitrogen and oxygen atoms in total. The van der Waals surface area contributed by atoms with Gasteiger partial charge in [-0.2, -0.15) is 0 Å². The Morgan fingerprint density at radius 1 is 1.38 bits per heavy atom. The fraction of sp³-hybridized carbons (Fsp3) is 0.875. The first-order valence-corrected chi connectivity index (χ1v) is 4.25. The molecule has 5 heteroatoms. The second-order valence-corrected chi connectivity index (χ2v) is 3.35. The van der Waals surface area contributed by atoms with E-state index in [1.54, 1.807) is 7.05 Å². The lowest BCUT2D eigenvalue weighted by Gasteiger charge is -2.21.